The van der Waals surface area contributed by atoms with Gasteiger partial charge in [-0.1, -0.05) is 23.2 Å². The molecule has 0 atom stereocenters. The highest BCUT2D eigenvalue weighted by molar-refractivity contribution is 6.61. The first-order valence-corrected chi connectivity index (χ1v) is 3.99. The highest BCUT2D eigenvalue weighted by Crippen LogP contribution is 2.14. The van der Waals surface area contributed by atoms with E-state index in [1.54, 1.807) is 0 Å². The molecule has 0 aliphatic rings. The fraction of sp³-hybridized carbons (Fsp3) is 0. The van der Waals surface area contributed by atoms with E-state index in [2.05, 4.69) is 9.61 Å². The molecule has 0 heterocycles. The lowest BCUT2D eigenvalue weighted by Crippen LogP contribution is -2.35. The quantitative estimate of drug-likeness (QED) is 0.464. The summed E-state index contributed by atoms with van der Waals surface area (Å²) in [6.07, 6.45) is 0. The molecule has 0 bridgehead atoms. The second-order valence-electron chi connectivity index (χ2n) is 2.25. The van der Waals surface area contributed by atoms with Gasteiger partial charge < -0.3 is 0 Å². The van der Waals surface area contributed by atoms with Crippen LogP contribution >= 0.6 is 23.2 Å². The number of hydrogen-bond donors (Lipinski definition) is 2. The van der Waals surface area contributed by atoms with Gasteiger partial charge in [0.05, 0.1) is 0 Å². The lowest BCUT2D eigenvalue weighted by molar-refractivity contribution is -0.221. The number of rotatable bonds is 3. The predicted octanol–water partition coefficient (Wildman–Crippen LogP) is 1.67. The maximum atomic E-state index is 8.29. The summed E-state index contributed by atoms with van der Waals surface area (Å²) in [7, 11) is -1.31. The Bertz CT molecular complexity index is 272. The van der Waals surface area contributed by atoms with Crippen LogP contribution in [0.2, 0.25) is 10.0 Å². The Hall–Kier alpha value is -0.295. The van der Waals surface area contributed by atoms with Crippen molar-refractivity contribution in [2.24, 2.45) is 0 Å². The molecular weight excluding hydrogens is 218 g/mol. The summed E-state index contributed by atoms with van der Waals surface area (Å²) in [4.78, 5) is 7.61. The van der Waals surface area contributed by atoms with Crippen LogP contribution < -0.4 is 5.46 Å². The molecule has 0 fully saturated rings. The van der Waals surface area contributed by atoms with Crippen molar-refractivity contribution in [1.82, 2.24) is 0 Å². The summed E-state index contributed by atoms with van der Waals surface area (Å²) in [5.74, 6) is 0. The van der Waals surface area contributed by atoms with Crippen LogP contribution in [0.1, 0.15) is 0 Å². The Kier molecular flexibility index (Phi) is 3.99. The Morgan fingerprint density at radius 1 is 1.00 bits per heavy atom. The van der Waals surface area contributed by atoms with Gasteiger partial charge in [-0.3, -0.25) is 20.1 Å². The van der Waals surface area contributed by atoms with E-state index in [9.17, 15) is 0 Å². The molecule has 0 amide bonds. The van der Waals surface area contributed by atoms with Gasteiger partial charge in [0.2, 0.25) is 0 Å². The Morgan fingerprint density at radius 3 is 1.85 bits per heavy atom. The van der Waals surface area contributed by atoms with E-state index in [0.29, 0.717) is 15.5 Å². The highest BCUT2D eigenvalue weighted by atomic mass is 35.5. The molecule has 13 heavy (non-hydrogen) atoms. The zero-order valence-corrected chi connectivity index (χ0v) is 7.79. The summed E-state index contributed by atoms with van der Waals surface area (Å²) >= 11 is 11.3. The summed E-state index contributed by atoms with van der Waals surface area (Å²) in [6, 6.07) is 4.37. The average molecular weight is 223 g/mol. The molecule has 0 spiro atoms. The molecule has 70 valence electrons. The standard InChI is InChI=1S/C6H5BCl2O4/c8-5-1-4(2-6(9)3-5)7(12-10)13-11/h1-3,10-11H. The van der Waals surface area contributed by atoms with Gasteiger partial charge in [-0.25, -0.2) is 0 Å². The number of benzene rings is 1. The Labute approximate surface area is 84.6 Å². The fourth-order valence-corrected chi connectivity index (χ4v) is 1.40. The molecular formula is C6H5BCl2O4. The molecule has 0 saturated carbocycles. The summed E-state index contributed by atoms with van der Waals surface area (Å²) in [5, 5.41) is 17.3. The van der Waals surface area contributed by atoms with E-state index in [0.717, 1.165) is 0 Å². The van der Waals surface area contributed by atoms with Crippen LogP contribution in [-0.2, 0) is 9.61 Å². The third kappa shape index (κ3) is 2.84. The van der Waals surface area contributed by atoms with Crippen LogP contribution in [0.25, 0.3) is 0 Å². The molecule has 1 rings (SSSR count). The van der Waals surface area contributed by atoms with Crippen molar-refractivity contribution < 1.29 is 20.1 Å². The van der Waals surface area contributed by atoms with Crippen molar-refractivity contribution in [1.29, 1.82) is 0 Å². The smallest absolute Gasteiger partial charge is 0.264 e. The molecule has 0 radical (unpaired) electrons. The van der Waals surface area contributed by atoms with E-state index in [1.165, 1.54) is 18.2 Å². The minimum Gasteiger partial charge on any atom is -0.264 e. The molecule has 7 heteroatoms. The molecule has 1 aromatic rings. The topological polar surface area (TPSA) is 58.9 Å². The Morgan fingerprint density at radius 2 is 1.46 bits per heavy atom. The predicted molar refractivity (Wildman–Crippen MR) is 49.3 cm³/mol. The fourth-order valence-electron chi connectivity index (χ4n) is 0.852. The van der Waals surface area contributed by atoms with Crippen molar-refractivity contribution >= 4 is 35.8 Å². The minimum absolute atomic E-state index is 0.308. The second-order valence-corrected chi connectivity index (χ2v) is 3.12. The van der Waals surface area contributed by atoms with Crippen LogP contribution in [-0.4, -0.2) is 17.6 Å². The average Bonchev–Trinajstić information content (AvgIpc) is 2.04. The summed E-state index contributed by atoms with van der Waals surface area (Å²) in [5.41, 5.74) is 0.308. The van der Waals surface area contributed by atoms with Crippen molar-refractivity contribution in [2.45, 2.75) is 0 Å². The van der Waals surface area contributed by atoms with Crippen molar-refractivity contribution in [3.8, 4) is 0 Å². The third-order valence-corrected chi connectivity index (χ3v) is 1.78. The Balaban J connectivity index is 2.99. The van der Waals surface area contributed by atoms with Crippen LogP contribution in [0.4, 0.5) is 0 Å². The van der Waals surface area contributed by atoms with Crippen LogP contribution in [0.3, 0.4) is 0 Å². The van der Waals surface area contributed by atoms with E-state index >= 15 is 0 Å². The summed E-state index contributed by atoms with van der Waals surface area (Å²) in [6.45, 7) is 0. The van der Waals surface area contributed by atoms with E-state index in [4.69, 9.17) is 33.7 Å². The van der Waals surface area contributed by atoms with E-state index in [1.807, 2.05) is 0 Å². The largest absolute Gasteiger partial charge is 0.554 e. The van der Waals surface area contributed by atoms with Gasteiger partial charge in [-0.2, -0.15) is 0 Å². The van der Waals surface area contributed by atoms with Gasteiger partial charge in [-0.05, 0) is 23.7 Å². The lowest BCUT2D eigenvalue weighted by Gasteiger charge is -2.05. The van der Waals surface area contributed by atoms with Crippen LogP contribution in [0.5, 0.6) is 0 Å². The van der Waals surface area contributed by atoms with Gasteiger partial charge >= 0.3 is 7.12 Å². The molecule has 0 aliphatic carbocycles. The second kappa shape index (κ2) is 4.81. The monoisotopic (exact) mass is 222 g/mol. The normalized spacial score (nSPS) is 10.2. The van der Waals surface area contributed by atoms with Crippen LogP contribution in [0.15, 0.2) is 18.2 Å². The van der Waals surface area contributed by atoms with Crippen molar-refractivity contribution in [2.75, 3.05) is 0 Å². The number of halogens is 2. The van der Waals surface area contributed by atoms with E-state index < -0.39 is 7.12 Å². The SMILES string of the molecule is OOB(OO)c1cc(Cl)cc(Cl)c1. The molecule has 0 aromatic heterocycles. The van der Waals surface area contributed by atoms with Gasteiger partial charge in [0.1, 0.15) is 0 Å². The first kappa shape index (κ1) is 10.8. The third-order valence-electron chi connectivity index (χ3n) is 1.35. The van der Waals surface area contributed by atoms with Crippen molar-refractivity contribution in [3.63, 3.8) is 0 Å². The van der Waals surface area contributed by atoms with Gasteiger partial charge in [0.25, 0.3) is 0 Å². The summed E-state index contributed by atoms with van der Waals surface area (Å²) < 4.78 is 0. The maximum absolute atomic E-state index is 8.29. The van der Waals surface area contributed by atoms with Gasteiger partial charge in [-0.15, -0.1) is 0 Å². The number of hydrogen-bond acceptors (Lipinski definition) is 4. The molecule has 1 aromatic carbocycles. The van der Waals surface area contributed by atoms with E-state index in [-0.39, 0.29) is 0 Å². The zero-order chi connectivity index (χ0) is 9.84. The minimum atomic E-state index is -1.31. The highest BCUT2D eigenvalue weighted by Gasteiger charge is 2.22. The molecule has 0 aliphatic heterocycles. The molecule has 0 saturated heterocycles. The van der Waals surface area contributed by atoms with Gasteiger partial charge in [0, 0.05) is 10.0 Å². The molecule has 4 nitrogen and oxygen atoms in total. The first-order valence-electron chi connectivity index (χ1n) is 3.24. The van der Waals surface area contributed by atoms with Crippen molar-refractivity contribution in [3.05, 3.63) is 28.2 Å². The van der Waals surface area contributed by atoms with Crippen LogP contribution in [0, 0.1) is 0 Å². The first-order chi connectivity index (χ1) is 6.17. The van der Waals surface area contributed by atoms with Gasteiger partial charge in [0.15, 0.2) is 0 Å². The molecule has 2 N–H and O–H groups in total. The molecule has 0 unspecified atom stereocenters. The maximum Gasteiger partial charge on any atom is 0.554 e. The lowest BCUT2D eigenvalue weighted by atomic mass is 9.80. The zero-order valence-electron chi connectivity index (χ0n) is 6.28.